The fourth-order valence-electron chi connectivity index (χ4n) is 3.96. The molecule has 0 aliphatic carbocycles. The Balaban J connectivity index is 1.33. The van der Waals surface area contributed by atoms with E-state index < -0.39 is 0 Å². The minimum absolute atomic E-state index is 0.158. The van der Waals surface area contributed by atoms with Gasteiger partial charge >= 0.3 is 6.09 Å². The molecular formula is C25H27N5O4S. The number of carbonyl (C=O) groups excluding carboxylic acids is 2. The van der Waals surface area contributed by atoms with Gasteiger partial charge in [-0.15, -0.1) is 11.3 Å². The number of ether oxygens (including phenoxy) is 2. The lowest BCUT2D eigenvalue weighted by atomic mass is 10.0. The molecular weight excluding hydrogens is 466 g/mol. The van der Waals surface area contributed by atoms with Gasteiger partial charge in [-0.3, -0.25) is 4.79 Å². The number of benzene rings is 1. The SMILES string of the molecule is COc1cccc(CCC(=O)Nc2sc3c(c2C#N)CCN(C(=O)OCCn2cnc(C)c2)C3)c1. The van der Waals surface area contributed by atoms with Crippen LogP contribution in [0.1, 0.15) is 33.7 Å². The van der Waals surface area contributed by atoms with Crippen molar-refractivity contribution in [2.24, 2.45) is 0 Å². The van der Waals surface area contributed by atoms with Gasteiger partial charge in [-0.05, 0) is 43.0 Å². The van der Waals surface area contributed by atoms with E-state index in [0.717, 1.165) is 27.4 Å². The van der Waals surface area contributed by atoms with Gasteiger partial charge in [-0.1, -0.05) is 12.1 Å². The number of nitriles is 1. The van der Waals surface area contributed by atoms with Crippen LogP contribution in [-0.4, -0.2) is 46.7 Å². The van der Waals surface area contributed by atoms with Gasteiger partial charge in [-0.25, -0.2) is 9.78 Å². The van der Waals surface area contributed by atoms with Crippen molar-refractivity contribution in [2.75, 3.05) is 25.6 Å². The van der Waals surface area contributed by atoms with Crippen LogP contribution in [0.15, 0.2) is 36.8 Å². The van der Waals surface area contributed by atoms with Gasteiger partial charge < -0.3 is 24.3 Å². The summed E-state index contributed by atoms with van der Waals surface area (Å²) in [7, 11) is 1.61. The smallest absolute Gasteiger partial charge is 0.410 e. The number of hydrogen-bond acceptors (Lipinski definition) is 7. The molecule has 1 N–H and O–H groups in total. The fraction of sp³-hybridized carbons (Fsp3) is 0.360. The first-order chi connectivity index (χ1) is 17.0. The molecule has 2 aromatic heterocycles. The van der Waals surface area contributed by atoms with Crippen LogP contribution in [0.3, 0.4) is 0 Å². The van der Waals surface area contributed by atoms with Crippen molar-refractivity contribution in [3.63, 3.8) is 0 Å². The highest BCUT2D eigenvalue weighted by atomic mass is 32.1. The van der Waals surface area contributed by atoms with E-state index in [4.69, 9.17) is 9.47 Å². The summed E-state index contributed by atoms with van der Waals surface area (Å²) in [6.45, 7) is 3.51. The molecule has 182 valence electrons. The Morgan fingerprint density at radius 3 is 2.94 bits per heavy atom. The molecule has 10 heteroatoms. The van der Waals surface area contributed by atoms with Crippen LogP contribution in [0.2, 0.25) is 0 Å². The summed E-state index contributed by atoms with van der Waals surface area (Å²) in [6, 6.07) is 9.84. The number of methoxy groups -OCH3 is 1. The Labute approximate surface area is 207 Å². The van der Waals surface area contributed by atoms with E-state index in [1.54, 1.807) is 18.3 Å². The van der Waals surface area contributed by atoms with E-state index >= 15 is 0 Å². The molecule has 9 nitrogen and oxygen atoms in total. The third-order valence-corrected chi connectivity index (χ3v) is 6.92. The first-order valence-electron chi connectivity index (χ1n) is 11.3. The second-order valence-electron chi connectivity index (χ2n) is 8.26. The molecule has 0 saturated heterocycles. The first-order valence-corrected chi connectivity index (χ1v) is 12.2. The monoisotopic (exact) mass is 493 g/mol. The Morgan fingerprint density at radius 1 is 1.34 bits per heavy atom. The zero-order valence-electron chi connectivity index (χ0n) is 19.7. The summed E-state index contributed by atoms with van der Waals surface area (Å²) < 4.78 is 12.5. The molecule has 3 heterocycles. The molecule has 4 rings (SSSR count). The second-order valence-corrected chi connectivity index (χ2v) is 9.36. The Hall–Kier alpha value is -3.84. The maximum absolute atomic E-state index is 12.6. The van der Waals surface area contributed by atoms with Gasteiger partial charge in [0.25, 0.3) is 0 Å². The van der Waals surface area contributed by atoms with E-state index in [0.29, 0.717) is 43.0 Å². The molecule has 0 saturated carbocycles. The molecule has 1 aromatic carbocycles. The molecule has 0 radical (unpaired) electrons. The van der Waals surface area contributed by atoms with Gasteiger partial charge in [0.05, 0.1) is 37.8 Å². The maximum Gasteiger partial charge on any atom is 0.410 e. The highest BCUT2D eigenvalue weighted by Gasteiger charge is 2.28. The summed E-state index contributed by atoms with van der Waals surface area (Å²) >= 11 is 1.35. The van der Waals surface area contributed by atoms with Crippen molar-refractivity contribution < 1.29 is 19.1 Å². The Bertz CT molecular complexity index is 1260. The van der Waals surface area contributed by atoms with Gasteiger partial charge in [0, 0.05) is 24.0 Å². The molecule has 1 aliphatic heterocycles. The third kappa shape index (κ3) is 6.00. The topological polar surface area (TPSA) is 109 Å². The highest BCUT2D eigenvalue weighted by molar-refractivity contribution is 7.16. The number of nitrogens with one attached hydrogen (secondary N) is 1. The largest absolute Gasteiger partial charge is 0.497 e. The fourth-order valence-corrected chi connectivity index (χ4v) is 5.19. The summed E-state index contributed by atoms with van der Waals surface area (Å²) in [4.78, 5) is 31.8. The van der Waals surface area contributed by atoms with Crippen LogP contribution in [0, 0.1) is 18.3 Å². The number of thiophene rings is 1. The molecule has 0 spiro atoms. The number of hydrogen-bond donors (Lipinski definition) is 1. The predicted molar refractivity (Wildman–Crippen MR) is 131 cm³/mol. The highest BCUT2D eigenvalue weighted by Crippen LogP contribution is 2.37. The van der Waals surface area contributed by atoms with E-state index in [9.17, 15) is 14.9 Å². The number of rotatable bonds is 8. The normalized spacial score (nSPS) is 12.5. The molecule has 35 heavy (non-hydrogen) atoms. The average Bonchev–Trinajstić information content (AvgIpc) is 3.44. The number of nitrogens with zero attached hydrogens (tertiary/aromatic N) is 4. The zero-order valence-corrected chi connectivity index (χ0v) is 20.6. The van der Waals surface area contributed by atoms with Crippen LogP contribution in [-0.2, 0) is 35.5 Å². The van der Waals surface area contributed by atoms with Gasteiger partial charge in [0.15, 0.2) is 0 Å². The van der Waals surface area contributed by atoms with E-state index in [2.05, 4.69) is 16.4 Å². The lowest BCUT2D eigenvalue weighted by molar-refractivity contribution is -0.116. The number of anilines is 1. The number of aromatic nitrogens is 2. The average molecular weight is 494 g/mol. The summed E-state index contributed by atoms with van der Waals surface area (Å²) in [5.41, 5.74) is 3.30. The van der Waals surface area contributed by atoms with Crippen molar-refractivity contribution in [2.45, 2.75) is 39.3 Å². The quantitative estimate of drug-likeness (QED) is 0.510. The number of fused-ring (bicyclic) bond motifs is 1. The summed E-state index contributed by atoms with van der Waals surface area (Å²) in [5.74, 6) is 0.592. The van der Waals surface area contributed by atoms with Gasteiger partial charge in [-0.2, -0.15) is 5.26 Å². The Kier molecular flexibility index (Phi) is 7.67. The molecule has 3 aromatic rings. The maximum atomic E-state index is 12.6. The molecule has 0 unspecified atom stereocenters. The van der Waals surface area contributed by atoms with E-state index in [1.165, 1.54) is 11.3 Å². The van der Waals surface area contributed by atoms with Crippen molar-refractivity contribution in [1.29, 1.82) is 5.26 Å². The minimum atomic E-state index is -0.386. The molecule has 2 amide bonds. The third-order valence-electron chi connectivity index (χ3n) is 5.79. The first kappa shape index (κ1) is 24.3. The van der Waals surface area contributed by atoms with Crippen molar-refractivity contribution in [3.05, 3.63) is 64.1 Å². The predicted octanol–water partition coefficient (Wildman–Crippen LogP) is 3.90. The van der Waals surface area contributed by atoms with Crippen LogP contribution in [0.5, 0.6) is 5.75 Å². The van der Waals surface area contributed by atoms with Crippen LogP contribution < -0.4 is 10.1 Å². The summed E-state index contributed by atoms with van der Waals surface area (Å²) in [5, 5.41) is 13.2. The number of carbonyl (C=O) groups is 2. The summed E-state index contributed by atoms with van der Waals surface area (Å²) in [6.07, 6.45) is 4.61. The van der Waals surface area contributed by atoms with Crippen LogP contribution in [0.4, 0.5) is 9.80 Å². The van der Waals surface area contributed by atoms with Crippen LogP contribution >= 0.6 is 11.3 Å². The second kappa shape index (κ2) is 11.1. The standard InChI is InChI=1S/C25H27N5O4S/c1-17-14-29(16-27-17)10-11-34-25(32)30-9-8-20-21(13-26)24(35-22(20)15-30)28-23(31)7-6-18-4-3-5-19(12-18)33-2/h3-5,12,14,16H,6-11,15H2,1-2H3,(H,28,31). The Morgan fingerprint density at radius 2 is 2.20 bits per heavy atom. The van der Waals surface area contributed by atoms with Crippen LogP contribution in [0.25, 0.3) is 0 Å². The number of aryl methyl sites for hydroxylation is 2. The molecule has 1 aliphatic rings. The van der Waals surface area contributed by atoms with E-state index in [-0.39, 0.29) is 25.0 Å². The molecule has 0 fully saturated rings. The minimum Gasteiger partial charge on any atom is -0.497 e. The van der Waals surface area contributed by atoms with Gasteiger partial charge in [0.1, 0.15) is 23.4 Å². The lowest BCUT2D eigenvalue weighted by Gasteiger charge is -2.26. The molecule has 0 bridgehead atoms. The lowest BCUT2D eigenvalue weighted by Crippen LogP contribution is -2.36. The van der Waals surface area contributed by atoms with E-state index in [1.807, 2.05) is 42.0 Å². The number of amides is 2. The van der Waals surface area contributed by atoms with Crippen molar-refractivity contribution >= 4 is 28.3 Å². The zero-order chi connectivity index (χ0) is 24.8. The number of imidazole rings is 1. The molecule has 0 atom stereocenters. The van der Waals surface area contributed by atoms with Crippen molar-refractivity contribution in [3.8, 4) is 11.8 Å². The van der Waals surface area contributed by atoms with Gasteiger partial charge in [0.2, 0.25) is 5.91 Å². The van der Waals surface area contributed by atoms with Crippen molar-refractivity contribution in [1.82, 2.24) is 14.5 Å².